The average molecular weight is 213 g/mol. The van der Waals surface area contributed by atoms with Crippen LogP contribution in [0.25, 0.3) is 0 Å². The van der Waals surface area contributed by atoms with Crippen LogP contribution in [-0.2, 0) is 11.2 Å². The van der Waals surface area contributed by atoms with Gasteiger partial charge in [0.15, 0.2) is 11.3 Å². The maximum absolute atomic E-state index is 11.6. The van der Waals surface area contributed by atoms with Gasteiger partial charge in [-0.15, -0.1) is 0 Å². The Labute approximate surface area is 88.3 Å². The van der Waals surface area contributed by atoms with E-state index in [9.17, 15) is 4.79 Å². The monoisotopic (exact) mass is 213 g/mol. The molecule has 0 fully saturated rings. The van der Waals surface area contributed by atoms with E-state index in [0.717, 1.165) is 0 Å². The van der Waals surface area contributed by atoms with E-state index in [2.05, 4.69) is 5.16 Å². The van der Waals surface area contributed by atoms with Crippen molar-refractivity contribution in [3.63, 3.8) is 0 Å². The van der Waals surface area contributed by atoms with E-state index >= 15 is 0 Å². The Morgan fingerprint density at radius 2 is 2.07 bits per heavy atom. The first-order chi connectivity index (χ1) is 7.24. The summed E-state index contributed by atoms with van der Waals surface area (Å²) in [5.74, 6) is 0.267. The van der Waals surface area contributed by atoms with Crippen molar-refractivity contribution in [3.05, 3.63) is 11.3 Å². The Morgan fingerprint density at radius 1 is 1.33 bits per heavy atom. The first-order valence-electron chi connectivity index (χ1n) is 5.02. The normalized spacial score (nSPS) is 10.1. The van der Waals surface area contributed by atoms with Crippen molar-refractivity contribution < 1.29 is 18.8 Å². The zero-order chi connectivity index (χ0) is 11.3. The van der Waals surface area contributed by atoms with Gasteiger partial charge in [-0.25, -0.2) is 4.79 Å². The molecule has 0 saturated carbocycles. The van der Waals surface area contributed by atoms with E-state index < -0.39 is 5.97 Å². The highest BCUT2D eigenvalue weighted by molar-refractivity contribution is 5.92. The van der Waals surface area contributed by atoms with Gasteiger partial charge in [0.1, 0.15) is 0 Å². The molecule has 0 N–H and O–H groups in total. The van der Waals surface area contributed by atoms with Gasteiger partial charge in [0.25, 0.3) is 5.88 Å². The number of nitrogens with zero attached hydrogens (tertiary/aromatic N) is 1. The van der Waals surface area contributed by atoms with Gasteiger partial charge in [-0.2, -0.15) is 0 Å². The maximum Gasteiger partial charge on any atom is 0.347 e. The van der Waals surface area contributed by atoms with Crippen LogP contribution in [0.5, 0.6) is 5.88 Å². The molecule has 0 amide bonds. The lowest BCUT2D eigenvalue weighted by atomic mass is 10.2. The van der Waals surface area contributed by atoms with Crippen LogP contribution in [0.3, 0.4) is 0 Å². The number of ether oxygens (including phenoxy) is 2. The van der Waals surface area contributed by atoms with Gasteiger partial charge >= 0.3 is 5.97 Å². The van der Waals surface area contributed by atoms with E-state index in [1.54, 1.807) is 6.92 Å². The standard InChI is InChI=1S/C10H15NO4/c1-4-7-8(10(12)14-6-3)9(11-15-7)13-5-2/h4-6H2,1-3H3. The highest BCUT2D eigenvalue weighted by Crippen LogP contribution is 2.22. The molecule has 0 aliphatic rings. The number of carbonyl (C=O) groups is 1. The molecular weight excluding hydrogens is 198 g/mol. The molecule has 5 nitrogen and oxygen atoms in total. The van der Waals surface area contributed by atoms with E-state index in [0.29, 0.717) is 31.0 Å². The van der Waals surface area contributed by atoms with Gasteiger partial charge in [0.2, 0.25) is 0 Å². The molecule has 0 bridgehead atoms. The molecule has 0 aliphatic carbocycles. The van der Waals surface area contributed by atoms with Crippen LogP contribution in [-0.4, -0.2) is 24.3 Å². The summed E-state index contributed by atoms with van der Waals surface area (Å²) >= 11 is 0. The van der Waals surface area contributed by atoms with E-state index in [1.807, 2.05) is 13.8 Å². The molecule has 0 spiro atoms. The fourth-order valence-corrected chi connectivity index (χ4v) is 1.19. The molecule has 1 aromatic heterocycles. The molecule has 0 aromatic carbocycles. The molecule has 1 aromatic rings. The lowest BCUT2D eigenvalue weighted by Crippen LogP contribution is -2.08. The second kappa shape index (κ2) is 5.38. The number of aromatic nitrogens is 1. The van der Waals surface area contributed by atoms with Gasteiger partial charge in [-0.1, -0.05) is 6.92 Å². The second-order valence-corrected chi connectivity index (χ2v) is 2.79. The summed E-state index contributed by atoms with van der Waals surface area (Å²) in [6.07, 6.45) is 0.578. The molecule has 15 heavy (non-hydrogen) atoms. The summed E-state index contributed by atoms with van der Waals surface area (Å²) in [5.41, 5.74) is 0.307. The Bertz CT molecular complexity index is 332. The topological polar surface area (TPSA) is 61.6 Å². The average Bonchev–Trinajstić information content (AvgIpc) is 2.62. The Balaban J connectivity index is 2.98. The molecule has 0 atom stereocenters. The predicted molar refractivity (Wildman–Crippen MR) is 53.0 cm³/mol. The van der Waals surface area contributed by atoms with Crippen molar-refractivity contribution in [2.24, 2.45) is 0 Å². The van der Waals surface area contributed by atoms with Crippen molar-refractivity contribution in [2.75, 3.05) is 13.2 Å². The zero-order valence-electron chi connectivity index (χ0n) is 9.20. The van der Waals surface area contributed by atoms with Gasteiger partial charge in [-0.05, 0) is 19.0 Å². The molecule has 84 valence electrons. The first kappa shape index (κ1) is 11.6. The molecule has 0 radical (unpaired) electrons. The van der Waals surface area contributed by atoms with E-state index in [4.69, 9.17) is 14.0 Å². The van der Waals surface area contributed by atoms with Gasteiger partial charge < -0.3 is 14.0 Å². The summed E-state index contributed by atoms with van der Waals surface area (Å²) in [5, 5.41) is 3.68. The summed E-state index contributed by atoms with van der Waals surface area (Å²) in [6.45, 7) is 6.19. The van der Waals surface area contributed by atoms with Crippen LogP contribution < -0.4 is 4.74 Å². The van der Waals surface area contributed by atoms with Crippen LogP contribution in [0.15, 0.2) is 4.52 Å². The third-order valence-corrected chi connectivity index (χ3v) is 1.81. The van der Waals surface area contributed by atoms with Crippen molar-refractivity contribution in [1.29, 1.82) is 0 Å². The summed E-state index contributed by atoms with van der Waals surface area (Å²) in [7, 11) is 0. The lowest BCUT2D eigenvalue weighted by molar-refractivity contribution is 0.0520. The van der Waals surface area contributed by atoms with Crippen LogP contribution in [0.2, 0.25) is 0 Å². The minimum atomic E-state index is -0.445. The van der Waals surface area contributed by atoms with Gasteiger partial charge in [0.05, 0.1) is 13.2 Å². The fraction of sp³-hybridized carbons (Fsp3) is 0.600. The Morgan fingerprint density at radius 3 is 2.60 bits per heavy atom. The van der Waals surface area contributed by atoms with E-state index in [1.165, 1.54) is 0 Å². The molecule has 0 unspecified atom stereocenters. The number of esters is 1. The first-order valence-corrected chi connectivity index (χ1v) is 5.02. The molecule has 0 aliphatic heterocycles. The van der Waals surface area contributed by atoms with Crippen LogP contribution in [0, 0.1) is 0 Å². The summed E-state index contributed by atoms with van der Waals surface area (Å²) in [4.78, 5) is 11.6. The number of rotatable bonds is 5. The molecule has 1 heterocycles. The number of aryl methyl sites for hydroxylation is 1. The van der Waals surface area contributed by atoms with Crippen molar-refractivity contribution in [3.8, 4) is 5.88 Å². The predicted octanol–water partition coefficient (Wildman–Crippen LogP) is 1.81. The SMILES string of the molecule is CCOC(=O)c1c(OCC)noc1CC. The minimum absolute atomic E-state index is 0.216. The largest absolute Gasteiger partial charge is 0.475 e. The van der Waals surface area contributed by atoms with Crippen molar-refractivity contribution in [1.82, 2.24) is 5.16 Å². The summed E-state index contributed by atoms with van der Waals surface area (Å²) < 4.78 is 15.1. The lowest BCUT2D eigenvalue weighted by Gasteiger charge is -2.02. The molecule has 1 rings (SSSR count). The number of carbonyl (C=O) groups excluding carboxylic acids is 1. The molecule has 0 saturated heterocycles. The van der Waals surface area contributed by atoms with Crippen LogP contribution in [0.4, 0.5) is 0 Å². The van der Waals surface area contributed by atoms with Crippen molar-refractivity contribution >= 4 is 5.97 Å². The zero-order valence-corrected chi connectivity index (χ0v) is 9.20. The maximum atomic E-state index is 11.6. The molecular formula is C10H15NO4. The highest BCUT2D eigenvalue weighted by Gasteiger charge is 2.24. The quantitative estimate of drug-likeness (QED) is 0.698. The molecule has 5 heteroatoms. The summed E-state index contributed by atoms with van der Waals surface area (Å²) in [6, 6.07) is 0. The fourth-order valence-electron chi connectivity index (χ4n) is 1.19. The number of hydrogen-bond acceptors (Lipinski definition) is 5. The van der Waals surface area contributed by atoms with Gasteiger partial charge in [-0.3, -0.25) is 0 Å². The van der Waals surface area contributed by atoms with E-state index in [-0.39, 0.29) is 5.88 Å². The second-order valence-electron chi connectivity index (χ2n) is 2.79. The van der Waals surface area contributed by atoms with Gasteiger partial charge in [0, 0.05) is 6.42 Å². The van der Waals surface area contributed by atoms with Crippen LogP contribution in [0.1, 0.15) is 36.9 Å². The highest BCUT2D eigenvalue weighted by atomic mass is 16.6. The number of hydrogen-bond donors (Lipinski definition) is 0. The Hall–Kier alpha value is -1.52. The smallest absolute Gasteiger partial charge is 0.347 e. The van der Waals surface area contributed by atoms with Crippen LogP contribution >= 0.6 is 0 Å². The Kier molecular flexibility index (Phi) is 4.15. The van der Waals surface area contributed by atoms with Crippen molar-refractivity contribution in [2.45, 2.75) is 27.2 Å². The minimum Gasteiger partial charge on any atom is -0.475 e. The third kappa shape index (κ3) is 2.49. The third-order valence-electron chi connectivity index (χ3n) is 1.81.